The number of carboxylic acid groups (broad SMARTS) is 1. The number of thiophene rings is 1. The monoisotopic (exact) mass is 379 g/mol. The number of carboxylic acids is 1. The summed E-state index contributed by atoms with van der Waals surface area (Å²) in [5.41, 5.74) is -1.16. The number of carbonyl (C=O) groups is 1. The molecule has 2 aromatic rings. The molecular weight excluding hydrogens is 367 g/mol. The lowest BCUT2D eigenvalue weighted by molar-refractivity contribution is -0.137. The molecule has 0 amide bonds. The van der Waals surface area contributed by atoms with Crippen molar-refractivity contribution in [1.29, 1.82) is 0 Å². The van der Waals surface area contributed by atoms with E-state index in [2.05, 4.69) is 0 Å². The molecule has 2 rings (SSSR count). The quantitative estimate of drug-likeness (QED) is 0.865. The molecule has 24 heavy (non-hydrogen) atoms. The molecule has 0 radical (unpaired) electrons. The van der Waals surface area contributed by atoms with Gasteiger partial charge in [0.05, 0.1) is 11.3 Å². The van der Waals surface area contributed by atoms with Gasteiger partial charge in [-0.1, -0.05) is 12.1 Å². The number of aryl methyl sites for hydroxylation is 1. The first-order valence-electron chi connectivity index (χ1n) is 6.49. The van der Waals surface area contributed by atoms with Crippen molar-refractivity contribution in [1.82, 2.24) is 0 Å². The summed E-state index contributed by atoms with van der Waals surface area (Å²) in [7, 11) is -4.29. The van der Waals surface area contributed by atoms with E-state index in [1.54, 1.807) is 0 Å². The summed E-state index contributed by atoms with van der Waals surface area (Å²) in [6.45, 7) is 0.427. The molecule has 130 valence electrons. The van der Waals surface area contributed by atoms with Crippen molar-refractivity contribution in [3.8, 4) is 0 Å². The van der Waals surface area contributed by atoms with Gasteiger partial charge in [0, 0.05) is 0 Å². The first kappa shape index (κ1) is 18.3. The Morgan fingerprint density at radius 2 is 1.96 bits per heavy atom. The van der Waals surface area contributed by atoms with Crippen LogP contribution in [0, 0.1) is 6.92 Å². The van der Waals surface area contributed by atoms with Gasteiger partial charge in [0.2, 0.25) is 0 Å². The summed E-state index contributed by atoms with van der Waals surface area (Å²) in [5, 5.41) is 10.5. The van der Waals surface area contributed by atoms with E-state index >= 15 is 0 Å². The number of alkyl halides is 3. The van der Waals surface area contributed by atoms with Crippen LogP contribution in [-0.2, 0) is 21.0 Å². The normalized spacial score (nSPS) is 12.2. The van der Waals surface area contributed by atoms with Crippen LogP contribution in [0.4, 0.5) is 18.9 Å². The summed E-state index contributed by atoms with van der Waals surface area (Å²) in [4.78, 5) is 11.1. The standard InChI is InChI=1S/C14H12F3NO4S2/c1-9-4-5-10(14(15,16)17)7-11(9)18(8-12(19)20)24(21,22)13-3-2-6-23-13/h2-7H,8H2,1H3,(H,19,20). The largest absolute Gasteiger partial charge is 0.480 e. The van der Waals surface area contributed by atoms with Gasteiger partial charge in [-0.15, -0.1) is 11.3 Å². The molecule has 0 aliphatic carbocycles. The minimum atomic E-state index is -4.68. The second kappa shape index (κ2) is 6.44. The highest BCUT2D eigenvalue weighted by molar-refractivity contribution is 7.94. The summed E-state index contributed by atoms with van der Waals surface area (Å²) in [5.74, 6) is -1.48. The van der Waals surface area contributed by atoms with E-state index in [-0.39, 0.29) is 15.5 Å². The second-order valence-electron chi connectivity index (χ2n) is 4.84. The number of benzene rings is 1. The number of nitrogens with zero attached hydrogens (tertiary/aromatic N) is 1. The topological polar surface area (TPSA) is 74.7 Å². The maximum Gasteiger partial charge on any atom is 0.416 e. The van der Waals surface area contributed by atoms with Crippen LogP contribution in [-0.4, -0.2) is 26.0 Å². The molecule has 5 nitrogen and oxygen atoms in total. The molecule has 0 atom stereocenters. The molecule has 0 saturated heterocycles. The van der Waals surface area contributed by atoms with E-state index in [0.717, 1.165) is 23.5 Å². The van der Waals surface area contributed by atoms with Crippen molar-refractivity contribution < 1.29 is 31.5 Å². The highest BCUT2D eigenvalue weighted by atomic mass is 32.2. The molecule has 10 heteroatoms. The Labute approximate surface area is 140 Å². The number of sulfonamides is 1. The van der Waals surface area contributed by atoms with Crippen LogP contribution < -0.4 is 4.31 Å². The van der Waals surface area contributed by atoms with E-state index in [1.165, 1.54) is 24.4 Å². The smallest absolute Gasteiger partial charge is 0.416 e. The zero-order chi connectivity index (χ0) is 18.1. The van der Waals surface area contributed by atoms with Crippen LogP contribution in [0.3, 0.4) is 0 Å². The van der Waals surface area contributed by atoms with Crippen LogP contribution in [0.25, 0.3) is 0 Å². The Bertz CT molecular complexity index is 845. The van der Waals surface area contributed by atoms with Gasteiger partial charge in [0.15, 0.2) is 0 Å². The van der Waals surface area contributed by atoms with E-state index in [1.807, 2.05) is 0 Å². The van der Waals surface area contributed by atoms with Crippen LogP contribution in [0.1, 0.15) is 11.1 Å². The van der Waals surface area contributed by atoms with Crippen molar-refractivity contribution >= 4 is 33.0 Å². The molecule has 0 unspecified atom stereocenters. The van der Waals surface area contributed by atoms with Crippen LogP contribution >= 0.6 is 11.3 Å². The number of aliphatic carboxylic acids is 1. The molecular formula is C14H12F3NO4S2. The number of hydrogen-bond donors (Lipinski definition) is 1. The van der Waals surface area contributed by atoms with Gasteiger partial charge in [0.25, 0.3) is 10.0 Å². The fourth-order valence-electron chi connectivity index (χ4n) is 2.00. The molecule has 1 aromatic carbocycles. The van der Waals surface area contributed by atoms with Gasteiger partial charge in [0.1, 0.15) is 10.8 Å². The van der Waals surface area contributed by atoms with Crippen molar-refractivity contribution in [3.05, 3.63) is 46.8 Å². The van der Waals surface area contributed by atoms with Crippen molar-refractivity contribution in [2.45, 2.75) is 17.3 Å². The van der Waals surface area contributed by atoms with Crippen molar-refractivity contribution in [3.63, 3.8) is 0 Å². The molecule has 0 aliphatic heterocycles. The highest BCUT2D eigenvalue weighted by Crippen LogP contribution is 2.35. The van der Waals surface area contributed by atoms with Crippen LogP contribution in [0.2, 0.25) is 0 Å². The highest BCUT2D eigenvalue weighted by Gasteiger charge is 2.34. The third-order valence-electron chi connectivity index (χ3n) is 3.12. The molecule has 0 bridgehead atoms. The van der Waals surface area contributed by atoms with Gasteiger partial charge >= 0.3 is 12.1 Å². The number of rotatable bonds is 5. The van der Waals surface area contributed by atoms with Crippen LogP contribution in [0.5, 0.6) is 0 Å². The van der Waals surface area contributed by atoms with Gasteiger partial charge in [-0.2, -0.15) is 13.2 Å². The first-order valence-corrected chi connectivity index (χ1v) is 8.81. The molecule has 1 N–H and O–H groups in total. The minimum Gasteiger partial charge on any atom is -0.480 e. The van der Waals surface area contributed by atoms with Crippen molar-refractivity contribution in [2.75, 3.05) is 10.8 Å². The average Bonchev–Trinajstić information content (AvgIpc) is 2.99. The Hall–Kier alpha value is -2.07. The average molecular weight is 379 g/mol. The fourth-order valence-corrected chi connectivity index (χ4v) is 4.57. The van der Waals surface area contributed by atoms with Gasteiger partial charge in [-0.3, -0.25) is 9.10 Å². The fraction of sp³-hybridized carbons (Fsp3) is 0.214. The molecule has 0 spiro atoms. The summed E-state index contributed by atoms with van der Waals surface area (Å²) < 4.78 is 64.3. The van der Waals surface area contributed by atoms with E-state index in [9.17, 15) is 26.4 Å². The minimum absolute atomic E-state index is 0.152. The molecule has 0 fully saturated rings. The maximum absolute atomic E-state index is 12.9. The number of hydrogen-bond acceptors (Lipinski definition) is 4. The molecule has 0 saturated carbocycles. The maximum atomic E-state index is 12.9. The third-order valence-corrected chi connectivity index (χ3v) is 6.26. The number of halogens is 3. The lowest BCUT2D eigenvalue weighted by atomic mass is 10.1. The Morgan fingerprint density at radius 1 is 1.29 bits per heavy atom. The number of anilines is 1. The molecule has 1 aromatic heterocycles. The predicted molar refractivity (Wildman–Crippen MR) is 82.7 cm³/mol. The Kier molecular flexibility index (Phi) is 4.90. The third kappa shape index (κ3) is 3.70. The van der Waals surface area contributed by atoms with E-state index in [0.29, 0.717) is 10.4 Å². The van der Waals surface area contributed by atoms with Crippen molar-refractivity contribution in [2.24, 2.45) is 0 Å². The lowest BCUT2D eigenvalue weighted by Crippen LogP contribution is -2.36. The summed E-state index contributed by atoms with van der Waals surface area (Å²) in [6, 6.07) is 5.28. The first-order chi connectivity index (χ1) is 11.0. The Balaban J connectivity index is 2.64. The SMILES string of the molecule is Cc1ccc(C(F)(F)F)cc1N(CC(=O)O)S(=O)(=O)c1cccs1. The van der Waals surface area contributed by atoms with E-state index in [4.69, 9.17) is 5.11 Å². The second-order valence-corrected chi connectivity index (χ2v) is 7.87. The van der Waals surface area contributed by atoms with Gasteiger partial charge in [-0.05, 0) is 36.1 Å². The predicted octanol–water partition coefficient (Wildman–Crippen LogP) is 3.36. The van der Waals surface area contributed by atoms with E-state index < -0.39 is 34.3 Å². The van der Waals surface area contributed by atoms with Crippen LogP contribution in [0.15, 0.2) is 39.9 Å². The zero-order valence-electron chi connectivity index (χ0n) is 12.2. The van der Waals surface area contributed by atoms with Gasteiger partial charge < -0.3 is 5.11 Å². The Morgan fingerprint density at radius 3 is 2.46 bits per heavy atom. The molecule has 1 heterocycles. The molecule has 0 aliphatic rings. The summed E-state index contributed by atoms with van der Waals surface area (Å²) >= 11 is 0.851. The lowest BCUT2D eigenvalue weighted by Gasteiger charge is -2.24. The summed E-state index contributed by atoms with van der Waals surface area (Å²) in [6.07, 6.45) is -4.68. The zero-order valence-corrected chi connectivity index (χ0v) is 13.9. The van der Waals surface area contributed by atoms with Gasteiger partial charge in [-0.25, -0.2) is 8.42 Å².